The first-order valence-electron chi connectivity index (χ1n) is 7.70. The molecule has 0 aromatic carbocycles. The fourth-order valence-electron chi connectivity index (χ4n) is 3.30. The van der Waals surface area contributed by atoms with E-state index in [1.165, 1.54) is 44.9 Å². The smallest absolute Gasteiger partial charge is 0.0558 e. The first-order valence-corrected chi connectivity index (χ1v) is 7.70. The van der Waals surface area contributed by atoms with E-state index in [9.17, 15) is 5.11 Å². The molecule has 1 saturated carbocycles. The van der Waals surface area contributed by atoms with E-state index in [1.807, 2.05) is 0 Å². The Kier molecular flexibility index (Phi) is 7.20. The highest BCUT2D eigenvalue weighted by molar-refractivity contribution is 4.84. The van der Waals surface area contributed by atoms with E-state index in [1.54, 1.807) is 0 Å². The van der Waals surface area contributed by atoms with Gasteiger partial charge in [0.15, 0.2) is 0 Å². The van der Waals surface area contributed by atoms with Gasteiger partial charge >= 0.3 is 0 Å². The first-order chi connectivity index (χ1) is 8.65. The molecule has 0 aromatic heterocycles. The van der Waals surface area contributed by atoms with Crippen molar-refractivity contribution in [3.63, 3.8) is 0 Å². The van der Waals surface area contributed by atoms with Crippen molar-refractivity contribution in [2.45, 2.75) is 64.8 Å². The van der Waals surface area contributed by atoms with Crippen LogP contribution in [0.15, 0.2) is 0 Å². The van der Waals surface area contributed by atoms with Gasteiger partial charge in [-0.05, 0) is 31.2 Å². The molecule has 18 heavy (non-hydrogen) atoms. The third-order valence-corrected chi connectivity index (χ3v) is 4.41. The molecule has 0 aromatic rings. The summed E-state index contributed by atoms with van der Waals surface area (Å²) in [5, 5.41) is 9.29. The van der Waals surface area contributed by atoms with E-state index in [-0.39, 0.29) is 12.0 Å². The highest BCUT2D eigenvalue weighted by Gasteiger charge is 2.29. The van der Waals surface area contributed by atoms with Crippen molar-refractivity contribution in [1.82, 2.24) is 4.90 Å². The van der Waals surface area contributed by atoms with Crippen LogP contribution in [-0.4, -0.2) is 42.3 Å². The van der Waals surface area contributed by atoms with Crippen LogP contribution >= 0.6 is 0 Å². The minimum Gasteiger partial charge on any atom is -0.395 e. The van der Waals surface area contributed by atoms with Gasteiger partial charge in [0, 0.05) is 19.1 Å². The first kappa shape index (κ1) is 15.9. The average Bonchev–Trinajstić information content (AvgIpc) is 2.40. The number of hydrogen-bond donors (Lipinski definition) is 2. The number of nitrogens with zero attached hydrogens (tertiary/aromatic N) is 1. The fraction of sp³-hybridized carbons (Fsp3) is 1.00. The molecule has 3 N–H and O–H groups in total. The summed E-state index contributed by atoms with van der Waals surface area (Å²) in [6.45, 7) is 7.39. The molecule has 1 atom stereocenters. The summed E-state index contributed by atoms with van der Waals surface area (Å²) in [5.74, 6) is 0. The van der Waals surface area contributed by atoms with Crippen molar-refractivity contribution in [2.24, 2.45) is 11.1 Å². The lowest BCUT2D eigenvalue weighted by molar-refractivity contribution is 0.0753. The number of hydrogen-bond acceptors (Lipinski definition) is 3. The van der Waals surface area contributed by atoms with E-state index in [0.29, 0.717) is 6.04 Å². The fourth-order valence-corrected chi connectivity index (χ4v) is 3.30. The number of aliphatic hydroxyl groups excluding tert-OH is 1. The van der Waals surface area contributed by atoms with E-state index in [2.05, 4.69) is 18.7 Å². The normalized spacial score (nSPS) is 21.2. The topological polar surface area (TPSA) is 49.5 Å². The molecule has 0 aliphatic heterocycles. The minimum atomic E-state index is 0.210. The van der Waals surface area contributed by atoms with Crippen molar-refractivity contribution in [2.75, 3.05) is 26.2 Å². The van der Waals surface area contributed by atoms with Gasteiger partial charge in [0.1, 0.15) is 0 Å². The van der Waals surface area contributed by atoms with Gasteiger partial charge in [-0.25, -0.2) is 0 Å². The van der Waals surface area contributed by atoms with Gasteiger partial charge in [0.05, 0.1) is 6.61 Å². The third-order valence-electron chi connectivity index (χ3n) is 4.41. The Morgan fingerprint density at radius 1 is 1.28 bits per heavy atom. The molecule has 1 aliphatic rings. The lowest BCUT2D eigenvalue weighted by Gasteiger charge is -2.40. The Balaban J connectivity index is 2.59. The maximum absolute atomic E-state index is 9.29. The van der Waals surface area contributed by atoms with Crippen molar-refractivity contribution >= 4 is 0 Å². The van der Waals surface area contributed by atoms with Crippen LogP contribution in [0.3, 0.4) is 0 Å². The summed E-state index contributed by atoms with van der Waals surface area (Å²) in [7, 11) is 0. The molecule has 1 unspecified atom stereocenters. The summed E-state index contributed by atoms with van der Waals surface area (Å²) in [6.07, 6.45) is 9.04. The Hall–Kier alpha value is -0.120. The van der Waals surface area contributed by atoms with Gasteiger partial charge in [0.2, 0.25) is 0 Å². The minimum absolute atomic E-state index is 0.210. The maximum atomic E-state index is 9.29. The summed E-state index contributed by atoms with van der Waals surface area (Å²) in [5.41, 5.74) is 6.19. The molecule has 0 heterocycles. The molecule has 0 saturated heterocycles. The molecule has 3 nitrogen and oxygen atoms in total. The lowest BCUT2D eigenvalue weighted by atomic mass is 9.83. The SMILES string of the molecule is CCCC(C)(CN)CN(CCO)C1CCCCC1. The van der Waals surface area contributed by atoms with Crippen molar-refractivity contribution in [1.29, 1.82) is 0 Å². The van der Waals surface area contributed by atoms with Crippen LogP contribution in [0.5, 0.6) is 0 Å². The van der Waals surface area contributed by atoms with Crippen LogP contribution in [-0.2, 0) is 0 Å². The van der Waals surface area contributed by atoms with Gasteiger partial charge in [-0.1, -0.05) is 39.5 Å². The quantitative estimate of drug-likeness (QED) is 0.701. The third kappa shape index (κ3) is 4.87. The van der Waals surface area contributed by atoms with Gasteiger partial charge < -0.3 is 10.8 Å². The number of aliphatic hydroxyl groups is 1. The molecule has 0 spiro atoms. The Labute approximate surface area is 113 Å². The number of rotatable bonds is 8. The predicted octanol–water partition coefficient (Wildman–Crippen LogP) is 2.38. The lowest BCUT2D eigenvalue weighted by Crippen LogP contribution is -2.47. The Bertz CT molecular complexity index is 217. The zero-order valence-electron chi connectivity index (χ0n) is 12.3. The van der Waals surface area contributed by atoms with Crippen LogP contribution < -0.4 is 5.73 Å². The predicted molar refractivity (Wildman–Crippen MR) is 77.6 cm³/mol. The van der Waals surface area contributed by atoms with Crippen LogP contribution in [0.4, 0.5) is 0 Å². The second-order valence-electron chi connectivity index (χ2n) is 6.25. The van der Waals surface area contributed by atoms with E-state index >= 15 is 0 Å². The molecule has 0 bridgehead atoms. The van der Waals surface area contributed by atoms with Crippen LogP contribution in [0.25, 0.3) is 0 Å². The molecule has 1 aliphatic carbocycles. The highest BCUT2D eigenvalue weighted by Crippen LogP contribution is 2.28. The molecule has 3 heteroatoms. The summed E-state index contributed by atoms with van der Waals surface area (Å²) in [4.78, 5) is 2.50. The largest absolute Gasteiger partial charge is 0.395 e. The maximum Gasteiger partial charge on any atom is 0.0558 e. The molecular weight excluding hydrogens is 224 g/mol. The van der Waals surface area contributed by atoms with Crippen molar-refractivity contribution < 1.29 is 5.11 Å². The van der Waals surface area contributed by atoms with E-state index in [4.69, 9.17) is 5.73 Å². The summed E-state index contributed by atoms with van der Waals surface area (Å²) in [6, 6.07) is 0.675. The van der Waals surface area contributed by atoms with Crippen molar-refractivity contribution in [3.8, 4) is 0 Å². The molecular formula is C15H32N2O. The number of nitrogens with two attached hydrogens (primary N) is 1. The van der Waals surface area contributed by atoms with Crippen LogP contribution in [0.2, 0.25) is 0 Å². The monoisotopic (exact) mass is 256 g/mol. The van der Waals surface area contributed by atoms with E-state index < -0.39 is 0 Å². The molecule has 0 radical (unpaired) electrons. The van der Waals surface area contributed by atoms with Gasteiger partial charge in [-0.15, -0.1) is 0 Å². The van der Waals surface area contributed by atoms with Gasteiger partial charge in [0.25, 0.3) is 0 Å². The molecule has 1 fully saturated rings. The summed E-state index contributed by atoms with van der Waals surface area (Å²) >= 11 is 0. The van der Waals surface area contributed by atoms with Gasteiger partial charge in [-0.3, -0.25) is 4.90 Å². The second kappa shape index (κ2) is 8.13. The zero-order valence-corrected chi connectivity index (χ0v) is 12.3. The van der Waals surface area contributed by atoms with Crippen molar-refractivity contribution in [3.05, 3.63) is 0 Å². The Morgan fingerprint density at radius 3 is 2.44 bits per heavy atom. The van der Waals surface area contributed by atoms with Gasteiger partial charge in [-0.2, -0.15) is 0 Å². The van der Waals surface area contributed by atoms with Crippen LogP contribution in [0.1, 0.15) is 58.8 Å². The van der Waals surface area contributed by atoms with E-state index in [0.717, 1.165) is 19.6 Å². The zero-order chi connectivity index (χ0) is 13.4. The van der Waals surface area contributed by atoms with Crippen LogP contribution in [0, 0.1) is 5.41 Å². The average molecular weight is 256 g/mol. The highest BCUT2D eigenvalue weighted by atomic mass is 16.3. The molecule has 108 valence electrons. The molecule has 0 amide bonds. The Morgan fingerprint density at radius 2 is 1.94 bits per heavy atom. The molecule has 1 rings (SSSR count). The second-order valence-corrected chi connectivity index (χ2v) is 6.25. The standard InChI is InChI=1S/C15H32N2O/c1-3-9-15(2,12-16)13-17(10-11-18)14-7-5-4-6-8-14/h14,18H,3-13,16H2,1-2H3. The summed E-state index contributed by atoms with van der Waals surface area (Å²) < 4.78 is 0.